The van der Waals surface area contributed by atoms with E-state index < -0.39 is 0 Å². The highest BCUT2D eigenvalue weighted by molar-refractivity contribution is 4.82. The number of rotatable bonds is 3. The molecule has 0 aliphatic carbocycles. The standard InChI is InChI=1S/C12H25N/c1-5-11-6-7-13-12(8-11)10(4)9(2)3/h9-13H,5-8H2,1-4H3. The third-order valence-electron chi connectivity index (χ3n) is 3.81. The van der Waals surface area contributed by atoms with E-state index in [0.717, 1.165) is 23.8 Å². The molecule has 13 heavy (non-hydrogen) atoms. The van der Waals surface area contributed by atoms with Crippen molar-refractivity contribution in [2.75, 3.05) is 6.54 Å². The number of hydrogen-bond donors (Lipinski definition) is 1. The van der Waals surface area contributed by atoms with Crippen LogP contribution in [0.5, 0.6) is 0 Å². The Morgan fingerprint density at radius 2 is 2.00 bits per heavy atom. The second-order valence-electron chi connectivity index (χ2n) is 4.96. The minimum atomic E-state index is 0.777. The molecule has 1 heterocycles. The Morgan fingerprint density at radius 1 is 1.31 bits per heavy atom. The van der Waals surface area contributed by atoms with Gasteiger partial charge in [-0.25, -0.2) is 0 Å². The molecular weight excluding hydrogens is 158 g/mol. The second kappa shape index (κ2) is 4.99. The van der Waals surface area contributed by atoms with Crippen molar-refractivity contribution >= 4 is 0 Å². The zero-order valence-corrected chi connectivity index (χ0v) is 9.64. The fourth-order valence-electron chi connectivity index (χ4n) is 2.27. The van der Waals surface area contributed by atoms with Crippen molar-refractivity contribution in [3.63, 3.8) is 0 Å². The average molecular weight is 183 g/mol. The molecule has 3 unspecified atom stereocenters. The summed E-state index contributed by atoms with van der Waals surface area (Å²) in [6.45, 7) is 10.6. The van der Waals surface area contributed by atoms with Gasteiger partial charge in [0.15, 0.2) is 0 Å². The van der Waals surface area contributed by atoms with Gasteiger partial charge in [0.1, 0.15) is 0 Å². The number of nitrogens with one attached hydrogen (secondary N) is 1. The highest BCUT2D eigenvalue weighted by Gasteiger charge is 2.25. The Labute approximate surface area is 83.3 Å². The maximum Gasteiger partial charge on any atom is 0.00977 e. The monoisotopic (exact) mass is 183 g/mol. The molecule has 1 rings (SSSR count). The predicted molar refractivity (Wildman–Crippen MR) is 58.8 cm³/mol. The highest BCUT2D eigenvalue weighted by Crippen LogP contribution is 2.26. The van der Waals surface area contributed by atoms with Crippen LogP contribution in [0.25, 0.3) is 0 Å². The lowest BCUT2D eigenvalue weighted by atomic mass is 9.81. The van der Waals surface area contributed by atoms with Crippen molar-refractivity contribution in [1.29, 1.82) is 0 Å². The number of hydrogen-bond acceptors (Lipinski definition) is 1. The summed E-state index contributed by atoms with van der Waals surface area (Å²) in [7, 11) is 0. The normalized spacial score (nSPS) is 32.1. The predicted octanol–water partition coefficient (Wildman–Crippen LogP) is 3.06. The molecule has 0 spiro atoms. The van der Waals surface area contributed by atoms with Crippen molar-refractivity contribution in [1.82, 2.24) is 5.32 Å². The zero-order chi connectivity index (χ0) is 9.84. The first-order valence-corrected chi connectivity index (χ1v) is 5.88. The van der Waals surface area contributed by atoms with Gasteiger partial charge in [0, 0.05) is 6.04 Å². The van der Waals surface area contributed by atoms with Crippen molar-refractivity contribution in [2.45, 2.75) is 53.0 Å². The quantitative estimate of drug-likeness (QED) is 0.709. The Hall–Kier alpha value is -0.0400. The van der Waals surface area contributed by atoms with E-state index in [4.69, 9.17) is 0 Å². The minimum absolute atomic E-state index is 0.777. The van der Waals surface area contributed by atoms with Crippen LogP contribution in [-0.4, -0.2) is 12.6 Å². The molecule has 1 heteroatoms. The van der Waals surface area contributed by atoms with Crippen LogP contribution in [-0.2, 0) is 0 Å². The van der Waals surface area contributed by atoms with E-state index in [0.29, 0.717) is 0 Å². The molecular formula is C12H25N. The van der Waals surface area contributed by atoms with Crippen molar-refractivity contribution in [3.05, 3.63) is 0 Å². The Morgan fingerprint density at radius 3 is 2.54 bits per heavy atom. The summed E-state index contributed by atoms with van der Waals surface area (Å²) in [6.07, 6.45) is 4.15. The van der Waals surface area contributed by atoms with Gasteiger partial charge in [0.25, 0.3) is 0 Å². The molecule has 0 saturated carbocycles. The summed E-state index contributed by atoms with van der Waals surface area (Å²) in [5, 5.41) is 3.66. The van der Waals surface area contributed by atoms with Gasteiger partial charge in [-0.3, -0.25) is 0 Å². The average Bonchev–Trinajstić information content (AvgIpc) is 2.16. The minimum Gasteiger partial charge on any atom is -0.314 e. The third kappa shape index (κ3) is 2.98. The lowest BCUT2D eigenvalue weighted by Crippen LogP contribution is -2.43. The smallest absolute Gasteiger partial charge is 0.00977 e. The molecule has 0 amide bonds. The third-order valence-corrected chi connectivity index (χ3v) is 3.81. The fourth-order valence-corrected chi connectivity index (χ4v) is 2.27. The molecule has 1 aliphatic rings. The Kier molecular flexibility index (Phi) is 4.24. The van der Waals surface area contributed by atoms with Gasteiger partial charge in [0.2, 0.25) is 0 Å². The van der Waals surface area contributed by atoms with Crippen LogP contribution in [0.1, 0.15) is 47.0 Å². The first-order chi connectivity index (χ1) is 6.15. The van der Waals surface area contributed by atoms with Gasteiger partial charge in [0.05, 0.1) is 0 Å². The van der Waals surface area contributed by atoms with Crippen LogP contribution >= 0.6 is 0 Å². The summed E-state index contributed by atoms with van der Waals surface area (Å²) >= 11 is 0. The molecule has 1 nitrogen and oxygen atoms in total. The summed E-state index contributed by atoms with van der Waals surface area (Å²) in [6, 6.07) is 0.777. The van der Waals surface area contributed by atoms with E-state index >= 15 is 0 Å². The van der Waals surface area contributed by atoms with Crippen molar-refractivity contribution < 1.29 is 0 Å². The van der Waals surface area contributed by atoms with Crippen LogP contribution in [0.15, 0.2) is 0 Å². The van der Waals surface area contributed by atoms with Gasteiger partial charge in [-0.05, 0) is 37.1 Å². The van der Waals surface area contributed by atoms with Gasteiger partial charge in [-0.1, -0.05) is 34.1 Å². The van der Waals surface area contributed by atoms with E-state index in [1.807, 2.05) is 0 Å². The number of piperidine rings is 1. The molecule has 1 saturated heterocycles. The summed E-state index contributed by atoms with van der Waals surface area (Å²) in [5.74, 6) is 2.62. The Bertz CT molecular complexity index is 142. The van der Waals surface area contributed by atoms with E-state index in [9.17, 15) is 0 Å². The van der Waals surface area contributed by atoms with Gasteiger partial charge >= 0.3 is 0 Å². The first kappa shape index (κ1) is 11.0. The molecule has 0 bridgehead atoms. The van der Waals surface area contributed by atoms with Crippen LogP contribution in [0.2, 0.25) is 0 Å². The summed E-state index contributed by atoms with van der Waals surface area (Å²) < 4.78 is 0. The Balaban J connectivity index is 2.41. The van der Waals surface area contributed by atoms with Crippen LogP contribution in [0.4, 0.5) is 0 Å². The lowest BCUT2D eigenvalue weighted by molar-refractivity contribution is 0.208. The molecule has 0 aromatic rings. The van der Waals surface area contributed by atoms with Gasteiger partial charge in [-0.15, -0.1) is 0 Å². The molecule has 0 aromatic carbocycles. The molecule has 3 atom stereocenters. The first-order valence-electron chi connectivity index (χ1n) is 5.88. The molecule has 78 valence electrons. The fraction of sp³-hybridized carbons (Fsp3) is 1.00. The molecule has 0 aromatic heterocycles. The topological polar surface area (TPSA) is 12.0 Å². The van der Waals surface area contributed by atoms with Crippen LogP contribution in [0.3, 0.4) is 0 Å². The lowest BCUT2D eigenvalue weighted by Gasteiger charge is -2.35. The molecule has 1 N–H and O–H groups in total. The van der Waals surface area contributed by atoms with E-state index in [1.165, 1.54) is 25.8 Å². The van der Waals surface area contributed by atoms with Crippen LogP contribution < -0.4 is 5.32 Å². The van der Waals surface area contributed by atoms with E-state index in [-0.39, 0.29) is 0 Å². The SMILES string of the molecule is CCC1CCNC(C(C)C(C)C)C1. The second-order valence-corrected chi connectivity index (χ2v) is 4.96. The van der Waals surface area contributed by atoms with Gasteiger partial charge < -0.3 is 5.32 Å². The zero-order valence-electron chi connectivity index (χ0n) is 9.64. The maximum atomic E-state index is 3.66. The maximum absolute atomic E-state index is 3.66. The molecule has 1 fully saturated rings. The van der Waals surface area contributed by atoms with Crippen LogP contribution in [0, 0.1) is 17.8 Å². The van der Waals surface area contributed by atoms with E-state index in [2.05, 4.69) is 33.0 Å². The largest absolute Gasteiger partial charge is 0.314 e. The van der Waals surface area contributed by atoms with Crippen molar-refractivity contribution in [2.24, 2.45) is 17.8 Å². The summed E-state index contributed by atoms with van der Waals surface area (Å²) in [5.41, 5.74) is 0. The highest BCUT2D eigenvalue weighted by atomic mass is 14.9. The molecule has 0 radical (unpaired) electrons. The van der Waals surface area contributed by atoms with Gasteiger partial charge in [-0.2, -0.15) is 0 Å². The van der Waals surface area contributed by atoms with Crippen molar-refractivity contribution in [3.8, 4) is 0 Å². The summed E-state index contributed by atoms with van der Waals surface area (Å²) in [4.78, 5) is 0. The molecule has 1 aliphatic heterocycles. The van der Waals surface area contributed by atoms with E-state index in [1.54, 1.807) is 0 Å².